The lowest BCUT2D eigenvalue weighted by Gasteiger charge is -2.14. The lowest BCUT2D eigenvalue weighted by Crippen LogP contribution is -2.39. The van der Waals surface area contributed by atoms with E-state index in [4.69, 9.17) is 21.1 Å². The second-order valence-electron chi connectivity index (χ2n) is 6.30. The van der Waals surface area contributed by atoms with Crippen LogP contribution >= 0.6 is 22.9 Å². The SMILES string of the molecule is CCNC(=NCc1cccc(COCCOCC)c1)NCC(O)c1ccc(Cl)s1. The molecule has 2 rings (SSSR count). The van der Waals surface area contributed by atoms with E-state index in [1.165, 1.54) is 11.3 Å². The molecule has 1 atom stereocenters. The van der Waals surface area contributed by atoms with E-state index in [9.17, 15) is 5.11 Å². The summed E-state index contributed by atoms with van der Waals surface area (Å²) in [6.45, 7) is 8.06. The van der Waals surface area contributed by atoms with Crippen LogP contribution in [0.2, 0.25) is 4.34 Å². The van der Waals surface area contributed by atoms with E-state index in [0.717, 1.165) is 22.5 Å². The zero-order valence-corrected chi connectivity index (χ0v) is 18.6. The molecule has 0 amide bonds. The highest BCUT2D eigenvalue weighted by Crippen LogP contribution is 2.26. The van der Waals surface area contributed by atoms with Gasteiger partial charge in [0.15, 0.2) is 5.96 Å². The largest absolute Gasteiger partial charge is 0.386 e. The molecule has 0 aliphatic heterocycles. The van der Waals surface area contributed by atoms with Gasteiger partial charge in [0.2, 0.25) is 0 Å². The quantitative estimate of drug-likeness (QED) is 0.267. The third kappa shape index (κ3) is 9.14. The number of thiophene rings is 1. The first-order valence-electron chi connectivity index (χ1n) is 9.81. The maximum Gasteiger partial charge on any atom is 0.191 e. The minimum Gasteiger partial charge on any atom is -0.386 e. The third-order valence-corrected chi connectivity index (χ3v) is 5.32. The summed E-state index contributed by atoms with van der Waals surface area (Å²) in [7, 11) is 0. The summed E-state index contributed by atoms with van der Waals surface area (Å²) in [6.07, 6.45) is -0.631. The second kappa shape index (κ2) is 13.6. The molecule has 6 nitrogen and oxygen atoms in total. The molecule has 1 aromatic carbocycles. The Bertz CT molecular complexity index is 754. The fraction of sp³-hybridized carbons (Fsp3) is 0.476. The Morgan fingerprint density at radius 3 is 2.66 bits per heavy atom. The van der Waals surface area contributed by atoms with Gasteiger partial charge in [-0.1, -0.05) is 35.9 Å². The first-order valence-corrected chi connectivity index (χ1v) is 11.0. The van der Waals surface area contributed by atoms with Crippen molar-refractivity contribution in [2.24, 2.45) is 4.99 Å². The molecular weight excluding hydrogens is 410 g/mol. The zero-order chi connectivity index (χ0) is 20.9. The van der Waals surface area contributed by atoms with Crippen LogP contribution in [0.5, 0.6) is 0 Å². The number of benzene rings is 1. The molecule has 0 saturated heterocycles. The van der Waals surface area contributed by atoms with Crippen LogP contribution in [0.4, 0.5) is 0 Å². The Labute approximate surface area is 181 Å². The molecule has 0 aliphatic rings. The van der Waals surface area contributed by atoms with Crippen molar-refractivity contribution in [3.63, 3.8) is 0 Å². The van der Waals surface area contributed by atoms with Crippen LogP contribution in [0, 0.1) is 0 Å². The number of aliphatic hydroxyl groups excluding tert-OH is 1. The van der Waals surface area contributed by atoms with Crippen LogP contribution < -0.4 is 10.6 Å². The highest BCUT2D eigenvalue weighted by atomic mass is 35.5. The molecule has 3 N–H and O–H groups in total. The molecule has 0 bridgehead atoms. The van der Waals surface area contributed by atoms with Gasteiger partial charge in [-0.15, -0.1) is 11.3 Å². The van der Waals surface area contributed by atoms with Crippen molar-refractivity contribution in [1.29, 1.82) is 0 Å². The van der Waals surface area contributed by atoms with Gasteiger partial charge >= 0.3 is 0 Å². The molecule has 2 aromatic rings. The van der Waals surface area contributed by atoms with Crippen molar-refractivity contribution in [3.8, 4) is 0 Å². The van der Waals surface area contributed by atoms with Gasteiger partial charge in [-0.3, -0.25) is 0 Å². The van der Waals surface area contributed by atoms with E-state index in [1.54, 1.807) is 6.07 Å². The fourth-order valence-electron chi connectivity index (χ4n) is 2.58. The Kier molecular flexibility index (Phi) is 11.1. The van der Waals surface area contributed by atoms with Crippen LogP contribution in [0.25, 0.3) is 0 Å². The van der Waals surface area contributed by atoms with Gasteiger partial charge in [0.25, 0.3) is 0 Å². The number of rotatable bonds is 12. The van der Waals surface area contributed by atoms with E-state index >= 15 is 0 Å². The maximum atomic E-state index is 10.3. The average molecular weight is 440 g/mol. The van der Waals surface area contributed by atoms with E-state index in [2.05, 4.69) is 21.7 Å². The Morgan fingerprint density at radius 2 is 1.93 bits per heavy atom. The molecule has 0 spiro atoms. The van der Waals surface area contributed by atoms with Gasteiger partial charge in [0.05, 0.1) is 30.7 Å². The third-order valence-electron chi connectivity index (χ3n) is 3.99. The normalized spacial score (nSPS) is 12.8. The van der Waals surface area contributed by atoms with E-state index in [0.29, 0.717) is 49.8 Å². The van der Waals surface area contributed by atoms with Crippen molar-refractivity contribution in [2.45, 2.75) is 33.1 Å². The number of aliphatic hydroxyl groups is 1. The Morgan fingerprint density at radius 1 is 1.14 bits per heavy atom. The maximum absolute atomic E-state index is 10.3. The van der Waals surface area contributed by atoms with E-state index < -0.39 is 6.10 Å². The summed E-state index contributed by atoms with van der Waals surface area (Å²) in [6, 6.07) is 11.8. The molecule has 8 heteroatoms. The second-order valence-corrected chi connectivity index (χ2v) is 8.05. The predicted octanol–water partition coefficient (Wildman–Crippen LogP) is 3.74. The number of nitrogens with one attached hydrogen (secondary N) is 2. The smallest absolute Gasteiger partial charge is 0.191 e. The first kappa shape index (κ1) is 23.6. The average Bonchev–Trinajstić information content (AvgIpc) is 3.16. The highest BCUT2D eigenvalue weighted by molar-refractivity contribution is 7.16. The van der Waals surface area contributed by atoms with Crippen molar-refractivity contribution in [2.75, 3.05) is 32.9 Å². The minimum absolute atomic E-state index is 0.358. The van der Waals surface area contributed by atoms with Gasteiger partial charge in [0.1, 0.15) is 6.10 Å². The van der Waals surface area contributed by atoms with Gasteiger partial charge in [-0.25, -0.2) is 4.99 Å². The van der Waals surface area contributed by atoms with Crippen molar-refractivity contribution < 1.29 is 14.6 Å². The number of nitrogens with zero attached hydrogens (tertiary/aromatic N) is 1. The molecule has 1 aromatic heterocycles. The first-order chi connectivity index (χ1) is 14.1. The predicted molar refractivity (Wildman–Crippen MR) is 120 cm³/mol. The molecule has 1 unspecified atom stereocenters. The summed E-state index contributed by atoms with van der Waals surface area (Å²) < 4.78 is 11.6. The molecular formula is C21H30ClN3O3S. The minimum atomic E-state index is -0.631. The summed E-state index contributed by atoms with van der Waals surface area (Å²) in [5.41, 5.74) is 2.20. The van der Waals surface area contributed by atoms with Crippen LogP contribution in [-0.4, -0.2) is 44.0 Å². The number of aliphatic imine (C=N–C) groups is 1. The topological polar surface area (TPSA) is 75.1 Å². The molecule has 0 fully saturated rings. The summed E-state index contributed by atoms with van der Waals surface area (Å²) in [5, 5.41) is 16.7. The number of ether oxygens (including phenoxy) is 2. The molecule has 1 heterocycles. The number of hydrogen-bond donors (Lipinski definition) is 3. The van der Waals surface area contributed by atoms with Gasteiger partial charge in [-0.05, 0) is 37.1 Å². The summed E-state index contributed by atoms with van der Waals surface area (Å²) >= 11 is 7.32. The van der Waals surface area contributed by atoms with Gasteiger partial charge in [0, 0.05) is 24.6 Å². The standard InChI is InChI=1S/C21H30ClN3O3S/c1-3-23-21(25-14-18(26)19-8-9-20(22)29-19)24-13-16-6-5-7-17(12-16)15-28-11-10-27-4-2/h5-9,12,18,26H,3-4,10-11,13-15H2,1-2H3,(H2,23,24,25). The lowest BCUT2D eigenvalue weighted by atomic mass is 10.1. The molecule has 0 saturated carbocycles. The summed E-state index contributed by atoms with van der Waals surface area (Å²) in [5.74, 6) is 0.660. The van der Waals surface area contributed by atoms with E-state index in [-0.39, 0.29) is 0 Å². The molecule has 160 valence electrons. The lowest BCUT2D eigenvalue weighted by molar-refractivity contribution is 0.0453. The Balaban J connectivity index is 1.86. The monoisotopic (exact) mass is 439 g/mol. The summed E-state index contributed by atoms with van der Waals surface area (Å²) in [4.78, 5) is 5.45. The Hall–Kier alpha value is -1.64. The molecule has 0 aliphatic carbocycles. The number of halogens is 1. The molecule has 29 heavy (non-hydrogen) atoms. The van der Waals surface area contributed by atoms with Crippen LogP contribution in [-0.2, 0) is 22.6 Å². The van der Waals surface area contributed by atoms with Crippen molar-refractivity contribution in [1.82, 2.24) is 10.6 Å². The molecule has 0 radical (unpaired) electrons. The van der Waals surface area contributed by atoms with Gasteiger partial charge < -0.3 is 25.2 Å². The van der Waals surface area contributed by atoms with Crippen molar-refractivity contribution in [3.05, 3.63) is 56.7 Å². The number of hydrogen-bond acceptors (Lipinski definition) is 5. The van der Waals surface area contributed by atoms with Crippen LogP contribution in [0.3, 0.4) is 0 Å². The van der Waals surface area contributed by atoms with Crippen LogP contribution in [0.1, 0.15) is 36.0 Å². The zero-order valence-electron chi connectivity index (χ0n) is 17.0. The van der Waals surface area contributed by atoms with Gasteiger partial charge in [-0.2, -0.15) is 0 Å². The van der Waals surface area contributed by atoms with E-state index in [1.807, 2.05) is 38.1 Å². The number of guanidine groups is 1. The van der Waals surface area contributed by atoms with Crippen LogP contribution in [0.15, 0.2) is 41.4 Å². The van der Waals surface area contributed by atoms with Crippen molar-refractivity contribution >= 4 is 28.9 Å². The fourth-order valence-corrected chi connectivity index (χ4v) is 3.63. The highest BCUT2D eigenvalue weighted by Gasteiger charge is 2.11.